The number of methoxy groups -OCH3 is 2. The molecule has 3 N–H and O–H groups in total. The van der Waals surface area contributed by atoms with Crippen LogP contribution in [0.25, 0.3) is 11.0 Å². The number of pyridine rings is 1. The monoisotopic (exact) mass is 559 g/mol. The van der Waals surface area contributed by atoms with Crippen LogP contribution in [0, 0.1) is 5.92 Å². The van der Waals surface area contributed by atoms with Crippen molar-refractivity contribution in [2.75, 3.05) is 38.1 Å². The maximum Gasteiger partial charge on any atom is 0.309 e. The molecule has 0 bridgehead atoms. The number of amides is 1. The molecule has 2 heterocycles. The fraction of sp³-hybridized carbons (Fsp3) is 0.360. The molecule has 3 aromatic rings. The van der Waals surface area contributed by atoms with Crippen LogP contribution in [0.2, 0.25) is 0 Å². The molecule has 3 rings (SSSR count). The Labute approximate surface area is 224 Å². The molecule has 0 spiro atoms. The van der Waals surface area contributed by atoms with Crippen molar-refractivity contribution in [2.45, 2.75) is 26.3 Å². The summed E-state index contributed by atoms with van der Waals surface area (Å²) in [7, 11) is 0.342. The van der Waals surface area contributed by atoms with E-state index in [1.165, 1.54) is 28.3 Å². The van der Waals surface area contributed by atoms with Gasteiger partial charge in [0, 0.05) is 50.3 Å². The smallest absolute Gasteiger partial charge is 0.309 e. The number of carbonyl (C=O) groups excluding carboxylic acids is 3. The van der Waals surface area contributed by atoms with Gasteiger partial charge in [-0.05, 0) is 42.3 Å². The second-order valence-corrected chi connectivity index (χ2v) is 11.2. The first-order valence-corrected chi connectivity index (χ1v) is 13.7. The third-order valence-corrected chi connectivity index (χ3v) is 8.48. The molecule has 39 heavy (non-hydrogen) atoms. The summed E-state index contributed by atoms with van der Waals surface area (Å²) in [6.45, 7) is 1.63. The number of nitrogens with zero attached hydrogens (tertiary/aromatic N) is 2. The Morgan fingerprint density at radius 2 is 1.82 bits per heavy atom. The molecule has 2 aromatic heterocycles. The van der Waals surface area contributed by atoms with E-state index in [0.717, 1.165) is 0 Å². The minimum atomic E-state index is -3.45. The molecule has 0 aliphatic rings. The average Bonchev–Trinajstić information content (AvgIpc) is 2.93. The van der Waals surface area contributed by atoms with Gasteiger partial charge in [0.1, 0.15) is 0 Å². The summed E-state index contributed by atoms with van der Waals surface area (Å²) in [6, 6.07) is 8.35. The predicted octanol–water partition coefficient (Wildman–Crippen LogP) is 2.18. The van der Waals surface area contributed by atoms with Gasteiger partial charge >= 0.3 is 11.9 Å². The summed E-state index contributed by atoms with van der Waals surface area (Å²) in [5.41, 5.74) is 1.17. The van der Waals surface area contributed by atoms with E-state index in [-0.39, 0.29) is 41.9 Å². The van der Waals surface area contributed by atoms with Crippen molar-refractivity contribution in [1.29, 1.82) is 0 Å². The number of H-pyrrole nitrogens is 1. The lowest BCUT2D eigenvalue weighted by atomic mass is 10.1. The Hall–Kier alpha value is -4.09. The van der Waals surface area contributed by atoms with E-state index >= 15 is 0 Å². The number of ether oxygens (including phenoxy) is 2. The number of benzene rings is 1. The Bertz CT molecular complexity index is 1460. The lowest BCUT2D eigenvalue weighted by Crippen LogP contribution is -2.24. The van der Waals surface area contributed by atoms with Crippen LogP contribution in [0.1, 0.15) is 25.3 Å². The lowest BCUT2D eigenvalue weighted by Gasteiger charge is -2.22. The van der Waals surface area contributed by atoms with Gasteiger partial charge in [-0.1, -0.05) is 0 Å². The first kappa shape index (κ1) is 29.5. The van der Waals surface area contributed by atoms with Gasteiger partial charge in [-0.3, -0.25) is 34.0 Å². The number of fused-ring (bicyclic) bond motifs is 1. The van der Waals surface area contributed by atoms with E-state index < -0.39 is 30.8 Å². The topological polar surface area (TPSA) is 179 Å². The first-order chi connectivity index (χ1) is 18.6. The van der Waals surface area contributed by atoms with Gasteiger partial charge in [-0.2, -0.15) is 4.98 Å². The number of esters is 2. The lowest BCUT2D eigenvalue weighted by molar-refractivity contribution is -0.146. The summed E-state index contributed by atoms with van der Waals surface area (Å²) >= 11 is 0. The third-order valence-electron chi connectivity index (χ3n) is 5.88. The van der Waals surface area contributed by atoms with Crippen molar-refractivity contribution in [3.8, 4) is 0 Å². The zero-order valence-corrected chi connectivity index (χ0v) is 22.9. The molecule has 1 amide bonds. The van der Waals surface area contributed by atoms with Crippen LogP contribution in [0.4, 0.5) is 11.6 Å². The normalized spacial score (nSPS) is 13.2. The molecular formula is C25H30N5O8P. The third kappa shape index (κ3) is 7.71. The predicted molar refractivity (Wildman–Crippen MR) is 144 cm³/mol. The first-order valence-electron chi connectivity index (χ1n) is 11.9. The van der Waals surface area contributed by atoms with Crippen molar-refractivity contribution in [3.63, 3.8) is 0 Å². The Kier molecular flexibility index (Phi) is 9.91. The highest BCUT2D eigenvalue weighted by Gasteiger charge is 2.33. The molecule has 208 valence electrons. The second kappa shape index (κ2) is 13.1. The van der Waals surface area contributed by atoms with Crippen LogP contribution >= 0.6 is 7.37 Å². The SMILES string of the molecule is COC(=O)CCC(CP(=O)(OC)c1ccc(NCc2cnc3nc(NC(C)=O)[nH]c(=O)c3c2)cc1)C(=O)OC. The Morgan fingerprint density at radius 3 is 2.44 bits per heavy atom. The molecule has 14 heteroatoms. The molecule has 0 radical (unpaired) electrons. The molecule has 2 unspecified atom stereocenters. The van der Waals surface area contributed by atoms with E-state index in [0.29, 0.717) is 23.1 Å². The summed E-state index contributed by atoms with van der Waals surface area (Å²) in [6.07, 6.45) is 1.52. The van der Waals surface area contributed by atoms with Crippen molar-refractivity contribution < 1.29 is 32.9 Å². The Balaban J connectivity index is 1.71. The fourth-order valence-corrected chi connectivity index (χ4v) is 5.90. The van der Waals surface area contributed by atoms with E-state index in [2.05, 4.69) is 30.3 Å². The van der Waals surface area contributed by atoms with E-state index in [1.807, 2.05) is 0 Å². The number of aromatic amines is 1. The van der Waals surface area contributed by atoms with Gasteiger partial charge in [0.15, 0.2) is 5.65 Å². The quantitative estimate of drug-likeness (QED) is 0.219. The van der Waals surface area contributed by atoms with Crippen LogP contribution in [-0.4, -0.2) is 60.3 Å². The van der Waals surface area contributed by atoms with E-state index in [1.54, 1.807) is 36.5 Å². The number of rotatable bonds is 12. The average molecular weight is 560 g/mol. The largest absolute Gasteiger partial charge is 0.469 e. The number of aromatic nitrogens is 3. The van der Waals surface area contributed by atoms with Crippen molar-refractivity contribution >= 4 is 53.2 Å². The fourth-order valence-electron chi connectivity index (χ4n) is 3.82. The molecular weight excluding hydrogens is 529 g/mol. The van der Waals surface area contributed by atoms with Gasteiger partial charge in [-0.15, -0.1) is 0 Å². The highest BCUT2D eigenvalue weighted by Crippen LogP contribution is 2.47. The van der Waals surface area contributed by atoms with Crippen molar-refractivity contribution in [3.05, 3.63) is 52.4 Å². The van der Waals surface area contributed by atoms with E-state index in [4.69, 9.17) is 9.26 Å². The molecule has 0 aliphatic carbocycles. The summed E-state index contributed by atoms with van der Waals surface area (Å²) in [5.74, 6) is -2.23. The molecule has 1 aromatic carbocycles. The number of nitrogens with one attached hydrogen (secondary N) is 3. The summed E-state index contributed by atoms with van der Waals surface area (Å²) in [4.78, 5) is 58.3. The maximum absolute atomic E-state index is 13.6. The minimum absolute atomic E-state index is 0.0215. The molecule has 0 aliphatic heterocycles. The molecule has 0 saturated carbocycles. The highest BCUT2D eigenvalue weighted by molar-refractivity contribution is 7.67. The standard InChI is InChI=1S/C25H30N5O8P/c1-15(31)28-25-29-22-20(23(33)30-25)11-16(13-27-22)12-26-18-6-8-19(9-7-18)39(35,38-4)14-17(24(34)37-3)5-10-21(32)36-2/h6-9,11,13,17,26H,5,10,12,14H2,1-4H3,(H2,27,28,29,30,31,33). The zero-order chi connectivity index (χ0) is 28.6. The van der Waals surface area contributed by atoms with Crippen LogP contribution < -0.4 is 21.5 Å². The van der Waals surface area contributed by atoms with Crippen molar-refractivity contribution in [1.82, 2.24) is 15.0 Å². The van der Waals surface area contributed by atoms with Crippen LogP contribution in [0.5, 0.6) is 0 Å². The molecule has 13 nitrogen and oxygen atoms in total. The van der Waals surface area contributed by atoms with Gasteiger partial charge in [0.25, 0.3) is 5.56 Å². The van der Waals surface area contributed by atoms with Gasteiger partial charge in [0.05, 0.1) is 25.5 Å². The number of hydrogen-bond acceptors (Lipinski definition) is 11. The number of hydrogen-bond donors (Lipinski definition) is 3. The highest BCUT2D eigenvalue weighted by atomic mass is 31.2. The second-order valence-electron chi connectivity index (χ2n) is 8.58. The number of carbonyl (C=O) groups is 3. The van der Waals surface area contributed by atoms with Gasteiger partial charge in [0.2, 0.25) is 19.2 Å². The van der Waals surface area contributed by atoms with Crippen LogP contribution in [0.3, 0.4) is 0 Å². The molecule has 0 fully saturated rings. The van der Waals surface area contributed by atoms with Crippen LogP contribution in [0.15, 0.2) is 41.3 Å². The molecule has 2 atom stereocenters. The van der Waals surface area contributed by atoms with Crippen molar-refractivity contribution in [2.24, 2.45) is 5.92 Å². The molecule has 0 saturated heterocycles. The zero-order valence-electron chi connectivity index (χ0n) is 22.0. The summed E-state index contributed by atoms with van der Waals surface area (Å²) < 4.78 is 28.5. The maximum atomic E-state index is 13.6. The van der Waals surface area contributed by atoms with Gasteiger partial charge < -0.3 is 19.3 Å². The minimum Gasteiger partial charge on any atom is -0.469 e. The van der Waals surface area contributed by atoms with E-state index in [9.17, 15) is 23.7 Å². The Morgan fingerprint density at radius 1 is 1.10 bits per heavy atom. The summed E-state index contributed by atoms with van der Waals surface area (Å²) in [5, 5.41) is 6.30. The van der Waals surface area contributed by atoms with Gasteiger partial charge in [-0.25, -0.2) is 4.98 Å². The van der Waals surface area contributed by atoms with Crippen LogP contribution in [-0.2, 0) is 39.5 Å². The number of anilines is 2.